The summed E-state index contributed by atoms with van der Waals surface area (Å²) in [6, 6.07) is 0. The molecule has 0 amide bonds. The molecule has 0 fully saturated rings. The van der Waals surface area contributed by atoms with Crippen LogP contribution in [-0.2, 0) is 19.1 Å². The van der Waals surface area contributed by atoms with Crippen LogP contribution in [0.1, 0.15) is 111 Å². The second-order valence-electron chi connectivity index (χ2n) is 11.0. The molecule has 0 aliphatic carbocycles. The van der Waals surface area contributed by atoms with Crippen LogP contribution < -0.4 is 0 Å². The van der Waals surface area contributed by atoms with Gasteiger partial charge < -0.3 is 9.47 Å². The van der Waals surface area contributed by atoms with Gasteiger partial charge in [-0.15, -0.1) is 0 Å². The molecule has 0 aromatic carbocycles. The van der Waals surface area contributed by atoms with E-state index >= 15 is 0 Å². The molecule has 0 spiro atoms. The molecule has 6 heteroatoms. The Hall–Kier alpha value is -1.14. The third-order valence-corrected chi connectivity index (χ3v) is 7.02. The van der Waals surface area contributed by atoms with Gasteiger partial charge in [-0.2, -0.15) is 0 Å². The van der Waals surface area contributed by atoms with Gasteiger partial charge >= 0.3 is 11.9 Å². The van der Waals surface area contributed by atoms with Crippen molar-refractivity contribution < 1.29 is 28.0 Å². The number of ether oxygens (including phenoxy) is 2. The summed E-state index contributed by atoms with van der Waals surface area (Å²) >= 11 is 0. The Morgan fingerprint density at radius 3 is 1.38 bits per heavy atom. The van der Waals surface area contributed by atoms with Gasteiger partial charge in [0.05, 0.1) is 60.7 Å². The fourth-order valence-electron chi connectivity index (χ4n) is 4.82. The molecule has 0 bridgehead atoms. The molecule has 34 heavy (non-hydrogen) atoms. The molecular weight excluding hydrogens is 428 g/mol. The summed E-state index contributed by atoms with van der Waals surface area (Å²) in [6.45, 7) is 9.15. The SMILES string of the molecule is CCCCCCCC[N+](C)(C)C(COC(=O)CCC(=O)OCC)[N+](C)(C)CCCCCCCC. The molecule has 0 N–H and O–H groups in total. The second kappa shape index (κ2) is 19.1. The first-order valence-electron chi connectivity index (χ1n) is 14.1. The first kappa shape index (κ1) is 32.9. The minimum atomic E-state index is -0.339. The molecular formula is C28H58N2O4+2. The average molecular weight is 487 g/mol. The molecule has 6 nitrogen and oxygen atoms in total. The smallest absolute Gasteiger partial charge is 0.306 e. The molecule has 0 saturated carbocycles. The van der Waals surface area contributed by atoms with E-state index in [2.05, 4.69) is 42.0 Å². The highest BCUT2D eigenvalue weighted by atomic mass is 16.5. The van der Waals surface area contributed by atoms with Crippen LogP contribution in [0.2, 0.25) is 0 Å². The van der Waals surface area contributed by atoms with E-state index in [9.17, 15) is 9.59 Å². The Kier molecular flexibility index (Phi) is 18.5. The van der Waals surface area contributed by atoms with Crippen LogP contribution in [-0.4, -0.2) is 81.6 Å². The number of unbranched alkanes of at least 4 members (excludes halogenated alkanes) is 10. The largest absolute Gasteiger partial charge is 0.466 e. The molecule has 0 unspecified atom stereocenters. The predicted octanol–water partition coefficient (Wildman–Crippen LogP) is 6.07. The van der Waals surface area contributed by atoms with Crippen molar-refractivity contribution in [2.75, 3.05) is 54.5 Å². The zero-order valence-electron chi connectivity index (χ0n) is 23.8. The Morgan fingerprint density at radius 2 is 0.971 bits per heavy atom. The molecule has 202 valence electrons. The fraction of sp³-hybridized carbons (Fsp3) is 0.929. The maximum Gasteiger partial charge on any atom is 0.306 e. The van der Waals surface area contributed by atoms with Gasteiger partial charge in [0.2, 0.25) is 0 Å². The zero-order valence-corrected chi connectivity index (χ0v) is 23.8. The van der Waals surface area contributed by atoms with E-state index in [1.807, 2.05) is 0 Å². The van der Waals surface area contributed by atoms with E-state index in [0.717, 1.165) is 22.1 Å². The normalized spacial score (nSPS) is 12.2. The van der Waals surface area contributed by atoms with Gasteiger partial charge in [-0.05, 0) is 32.6 Å². The molecule has 0 atom stereocenters. The van der Waals surface area contributed by atoms with Crippen molar-refractivity contribution in [3.63, 3.8) is 0 Å². The molecule has 0 aliphatic rings. The van der Waals surface area contributed by atoms with Crippen molar-refractivity contribution in [1.82, 2.24) is 0 Å². The molecule has 0 heterocycles. The Labute approximate surface area is 211 Å². The van der Waals surface area contributed by atoms with Crippen LogP contribution in [0.3, 0.4) is 0 Å². The lowest BCUT2D eigenvalue weighted by atomic mass is 10.1. The van der Waals surface area contributed by atoms with Crippen LogP contribution in [0.5, 0.6) is 0 Å². The van der Waals surface area contributed by atoms with Gasteiger partial charge in [-0.1, -0.05) is 65.2 Å². The Bertz CT molecular complexity index is 506. The van der Waals surface area contributed by atoms with Crippen molar-refractivity contribution in [3.8, 4) is 0 Å². The predicted molar refractivity (Wildman–Crippen MR) is 141 cm³/mol. The quantitative estimate of drug-likeness (QED) is 0.0806. The summed E-state index contributed by atoms with van der Waals surface area (Å²) < 4.78 is 12.3. The lowest BCUT2D eigenvalue weighted by Crippen LogP contribution is -2.66. The van der Waals surface area contributed by atoms with Gasteiger partial charge in [-0.3, -0.25) is 18.6 Å². The number of esters is 2. The molecule has 0 saturated heterocycles. The summed E-state index contributed by atoms with van der Waals surface area (Å²) in [7, 11) is 9.13. The first-order valence-corrected chi connectivity index (χ1v) is 14.1. The topological polar surface area (TPSA) is 52.6 Å². The lowest BCUT2D eigenvalue weighted by molar-refractivity contribution is -1.10. The summed E-state index contributed by atoms with van der Waals surface area (Å²) in [6.07, 6.45) is 15.7. The second-order valence-corrected chi connectivity index (χ2v) is 11.0. The molecule has 0 aliphatic heterocycles. The molecule has 0 aromatic rings. The minimum Gasteiger partial charge on any atom is -0.466 e. The third kappa shape index (κ3) is 15.7. The maximum atomic E-state index is 12.4. The lowest BCUT2D eigenvalue weighted by Gasteiger charge is -2.46. The summed E-state index contributed by atoms with van der Waals surface area (Å²) in [5.74, 6) is -0.647. The van der Waals surface area contributed by atoms with Crippen molar-refractivity contribution in [2.45, 2.75) is 117 Å². The van der Waals surface area contributed by atoms with Gasteiger partial charge in [0, 0.05) is 0 Å². The zero-order chi connectivity index (χ0) is 25.9. The van der Waals surface area contributed by atoms with Crippen molar-refractivity contribution in [1.29, 1.82) is 0 Å². The Morgan fingerprint density at radius 1 is 0.588 bits per heavy atom. The molecule has 0 aromatic heterocycles. The van der Waals surface area contributed by atoms with Crippen molar-refractivity contribution >= 4 is 11.9 Å². The van der Waals surface area contributed by atoms with E-state index in [0.29, 0.717) is 13.2 Å². The van der Waals surface area contributed by atoms with E-state index in [-0.39, 0.29) is 30.9 Å². The number of likely N-dealkylation sites (N-methyl/N-ethyl adjacent to an activating group) is 2. The van der Waals surface area contributed by atoms with Crippen LogP contribution in [0, 0.1) is 0 Å². The maximum absolute atomic E-state index is 12.4. The van der Waals surface area contributed by atoms with Gasteiger partial charge in [0.25, 0.3) is 6.17 Å². The van der Waals surface area contributed by atoms with E-state index < -0.39 is 0 Å². The summed E-state index contributed by atoms with van der Waals surface area (Å²) in [5.41, 5.74) is 0. The first-order chi connectivity index (χ1) is 16.1. The van der Waals surface area contributed by atoms with Crippen molar-refractivity contribution in [3.05, 3.63) is 0 Å². The van der Waals surface area contributed by atoms with Crippen LogP contribution in [0.25, 0.3) is 0 Å². The van der Waals surface area contributed by atoms with Crippen LogP contribution >= 0.6 is 0 Å². The minimum absolute atomic E-state index is 0.0846. The summed E-state index contributed by atoms with van der Waals surface area (Å²) in [5, 5.41) is 0. The van der Waals surface area contributed by atoms with E-state index in [1.165, 1.54) is 77.0 Å². The fourth-order valence-corrected chi connectivity index (χ4v) is 4.82. The Balaban J connectivity index is 4.96. The number of carbonyl (C=O) groups is 2. The number of rotatable bonds is 22. The van der Waals surface area contributed by atoms with Crippen LogP contribution in [0.4, 0.5) is 0 Å². The number of carbonyl (C=O) groups excluding carboxylic acids is 2. The highest BCUT2D eigenvalue weighted by Crippen LogP contribution is 2.21. The van der Waals surface area contributed by atoms with Gasteiger partial charge in [0.15, 0.2) is 6.61 Å². The van der Waals surface area contributed by atoms with Crippen molar-refractivity contribution in [2.24, 2.45) is 0 Å². The summed E-state index contributed by atoms with van der Waals surface area (Å²) in [4.78, 5) is 24.0. The average Bonchev–Trinajstić information content (AvgIpc) is 2.77. The number of hydrogen-bond donors (Lipinski definition) is 0. The standard InChI is InChI=1S/C28H58N2O4/c1-8-11-13-15-17-19-23-29(4,5)26(25-34-28(32)22-21-27(31)33-10-3)30(6,7)24-20-18-16-14-12-9-2/h26H,8-25H2,1-7H3/q+2. The number of hydrogen-bond acceptors (Lipinski definition) is 4. The van der Waals surface area contributed by atoms with Gasteiger partial charge in [0.1, 0.15) is 0 Å². The van der Waals surface area contributed by atoms with Gasteiger partial charge in [-0.25, -0.2) is 0 Å². The highest BCUT2D eigenvalue weighted by Gasteiger charge is 2.42. The molecule has 0 radical (unpaired) electrons. The van der Waals surface area contributed by atoms with Crippen LogP contribution in [0.15, 0.2) is 0 Å². The monoisotopic (exact) mass is 486 g/mol. The molecule has 0 rings (SSSR count). The number of nitrogens with zero attached hydrogens (tertiary/aromatic N) is 2. The third-order valence-electron chi connectivity index (χ3n) is 7.02. The van der Waals surface area contributed by atoms with E-state index in [4.69, 9.17) is 9.47 Å². The highest BCUT2D eigenvalue weighted by molar-refractivity contribution is 5.77. The number of quaternary nitrogens is 2. The van der Waals surface area contributed by atoms with E-state index in [1.54, 1.807) is 6.92 Å².